The molecule has 134 valence electrons. The molecule has 7 nitrogen and oxygen atoms in total. The van der Waals surface area contributed by atoms with Gasteiger partial charge in [0.15, 0.2) is 0 Å². The van der Waals surface area contributed by atoms with E-state index in [1.807, 2.05) is 13.8 Å². The van der Waals surface area contributed by atoms with Gasteiger partial charge in [-0.05, 0) is 18.1 Å². The minimum Gasteiger partial charge on any atom is -0.497 e. The van der Waals surface area contributed by atoms with Crippen molar-refractivity contribution < 1.29 is 24.2 Å². The number of hydrogen-bond donors (Lipinski definition) is 1. The average molecular weight is 346 g/mol. The lowest BCUT2D eigenvalue weighted by molar-refractivity contribution is -0.148. The first-order valence-corrected chi connectivity index (χ1v) is 7.94. The lowest BCUT2D eigenvalue weighted by Crippen LogP contribution is -2.55. The predicted octanol–water partition coefficient (Wildman–Crippen LogP) is 1.79. The molecule has 7 heteroatoms. The van der Waals surface area contributed by atoms with E-state index >= 15 is 0 Å². The van der Waals surface area contributed by atoms with Crippen LogP contribution in [0.1, 0.15) is 26.3 Å². The van der Waals surface area contributed by atoms with Gasteiger partial charge in [-0.25, -0.2) is 0 Å². The fraction of sp³-hybridized carbons (Fsp3) is 0.389. The van der Waals surface area contributed by atoms with Crippen molar-refractivity contribution in [1.29, 1.82) is 0 Å². The third-order valence-electron chi connectivity index (χ3n) is 4.02. The lowest BCUT2D eigenvalue weighted by Gasteiger charge is -2.40. The monoisotopic (exact) mass is 346 g/mol. The maximum absolute atomic E-state index is 13.0. The Morgan fingerprint density at radius 3 is 2.52 bits per heavy atom. The molecule has 0 radical (unpaired) electrons. The summed E-state index contributed by atoms with van der Waals surface area (Å²) in [6.45, 7) is 4.55. The summed E-state index contributed by atoms with van der Waals surface area (Å²) in [5, 5.41) is 9.22. The third kappa shape index (κ3) is 3.81. The molecular formula is C18H22N2O5. The van der Waals surface area contributed by atoms with Crippen LogP contribution in [0.15, 0.2) is 30.5 Å². The molecule has 0 aliphatic carbocycles. The number of methoxy groups -OCH3 is 1. The normalized spacial score (nSPS) is 17.6. The van der Waals surface area contributed by atoms with E-state index in [2.05, 4.69) is 0 Å². The van der Waals surface area contributed by atoms with Crippen LogP contribution in [0.5, 0.6) is 5.75 Å². The molecule has 1 aromatic rings. The Labute approximate surface area is 146 Å². The van der Waals surface area contributed by atoms with Gasteiger partial charge in [-0.2, -0.15) is 0 Å². The minimum atomic E-state index is -1.12. The minimum absolute atomic E-state index is 0.157. The van der Waals surface area contributed by atoms with Gasteiger partial charge in [0.25, 0.3) is 5.91 Å². The van der Waals surface area contributed by atoms with E-state index in [4.69, 9.17) is 4.74 Å². The van der Waals surface area contributed by atoms with Crippen molar-refractivity contribution in [2.24, 2.45) is 5.92 Å². The largest absolute Gasteiger partial charge is 0.497 e. The third-order valence-corrected chi connectivity index (χ3v) is 4.02. The molecule has 2 amide bonds. The maximum atomic E-state index is 13.0. The number of carboxylic acids is 1. The van der Waals surface area contributed by atoms with Crippen LogP contribution in [0, 0.1) is 5.92 Å². The van der Waals surface area contributed by atoms with Crippen LogP contribution in [0.25, 0.3) is 5.70 Å². The standard InChI is InChI=1S/C18H22N2O5/c1-11(2)17-18(24)20(10-16(22)23)15(9-19(17)12(3)21)13-6-5-7-14(8-13)25-4/h5-9,11,17H,10H2,1-4H3,(H,22,23). The first-order valence-electron chi connectivity index (χ1n) is 7.94. The molecule has 1 N–H and O–H groups in total. The molecule has 1 aromatic carbocycles. The van der Waals surface area contributed by atoms with Gasteiger partial charge < -0.3 is 14.7 Å². The van der Waals surface area contributed by atoms with Gasteiger partial charge in [-0.15, -0.1) is 0 Å². The molecule has 0 bridgehead atoms. The Bertz CT molecular complexity index is 726. The van der Waals surface area contributed by atoms with Gasteiger partial charge in [0.1, 0.15) is 18.3 Å². The van der Waals surface area contributed by atoms with E-state index in [0.29, 0.717) is 17.0 Å². The highest BCUT2D eigenvalue weighted by Crippen LogP contribution is 2.31. The molecule has 0 fully saturated rings. The molecule has 0 saturated carbocycles. The van der Waals surface area contributed by atoms with Gasteiger partial charge in [-0.3, -0.25) is 19.3 Å². The second-order valence-corrected chi connectivity index (χ2v) is 6.18. The summed E-state index contributed by atoms with van der Waals surface area (Å²) in [7, 11) is 1.52. The zero-order valence-corrected chi connectivity index (χ0v) is 14.7. The number of hydrogen-bond acceptors (Lipinski definition) is 4. The van der Waals surface area contributed by atoms with Crippen LogP contribution < -0.4 is 4.74 Å². The van der Waals surface area contributed by atoms with E-state index in [1.165, 1.54) is 23.8 Å². The van der Waals surface area contributed by atoms with E-state index < -0.39 is 24.5 Å². The van der Waals surface area contributed by atoms with Crippen molar-refractivity contribution in [1.82, 2.24) is 9.80 Å². The fourth-order valence-electron chi connectivity index (χ4n) is 2.88. The van der Waals surface area contributed by atoms with Crippen LogP contribution in [-0.2, 0) is 14.4 Å². The number of benzene rings is 1. The van der Waals surface area contributed by atoms with Gasteiger partial charge in [0.05, 0.1) is 12.8 Å². The molecule has 1 unspecified atom stereocenters. The quantitative estimate of drug-likeness (QED) is 0.878. The van der Waals surface area contributed by atoms with E-state index in [1.54, 1.807) is 30.5 Å². The first-order chi connectivity index (χ1) is 11.8. The number of ether oxygens (including phenoxy) is 1. The average Bonchev–Trinajstić information content (AvgIpc) is 2.55. The molecular weight excluding hydrogens is 324 g/mol. The molecule has 0 aromatic heterocycles. The summed E-state index contributed by atoms with van der Waals surface area (Å²) >= 11 is 0. The van der Waals surface area contributed by atoms with Crippen molar-refractivity contribution in [2.45, 2.75) is 26.8 Å². The van der Waals surface area contributed by atoms with E-state index in [-0.39, 0.29) is 11.8 Å². The topological polar surface area (TPSA) is 87.2 Å². The summed E-state index contributed by atoms with van der Waals surface area (Å²) < 4.78 is 5.19. The van der Waals surface area contributed by atoms with Gasteiger partial charge in [-0.1, -0.05) is 26.0 Å². The summed E-state index contributed by atoms with van der Waals surface area (Å²) in [5.74, 6) is -1.39. The first kappa shape index (κ1) is 18.5. The summed E-state index contributed by atoms with van der Waals surface area (Å²) in [6.07, 6.45) is 1.55. The number of rotatable bonds is 5. The second-order valence-electron chi connectivity index (χ2n) is 6.18. The molecule has 1 heterocycles. The van der Waals surface area contributed by atoms with Gasteiger partial charge in [0.2, 0.25) is 5.91 Å². The smallest absolute Gasteiger partial charge is 0.323 e. The van der Waals surface area contributed by atoms with Gasteiger partial charge in [0, 0.05) is 18.7 Å². The SMILES string of the molecule is COc1cccc(C2=CN(C(C)=O)C(C(C)C)C(=O)N2CC(=O)O)c1. The van der Waals surface area contributed by atoms with Crippen molar-refractivity contribution in [2.75, 3.05) is 13.7 Å². The van der Waals surface area contributed by atoms with Gasteiger partial charge >= 0.3 is 5.97 Å². The highest BCUT2D eigenvalue weighted by atomic mass is 16.5. The number of aliphatic carboxylic acids is 1. The summed E-state index contributed by atoms with van der Waals surface area (Å²) in [4.78, 5) is 38.9. The Morgan fingerprint density at radius 2 is 2.00 bits per heavy atom. The van der Waals surface area contributed by atoms with Crippen LogP contribution in [0.4, 0.5) is 0 Å². The molecule has 2 rings (SSSR count). The van der Waals surface area contributed by atoms with Crippen LogP contribution in [0.3, 0.4) is 0 Å². The second kappa shape index (κ2) is 7.38. The van der Waals surface area contributed by atoms with Crippen molar-refractivity contribution in [3.05, 3.63) is 36.0 Å². The van der Waals surface area contributed by atoms with Crippen molar-refractivity contribution in [3.8, 4) is 5.75 Å². The molecule has 0 spiro atoms. The number of carboxylic acid groups (broad SMARTS) is 1. The number of nitrogens with zero attached hydrogens (tertiary/aromatic N) is 2. The summed E-state index contributed by atoms with van der Waals surface area (Å²) in [6, 6.07) is 6.19. The van der Waals surface area contributed by atoms with Crippen molar-refractivity contribution in [3.63, 3.8) is 0 Å². The Balaban J connectivity index is 2.61. The highest BCUT2D eigenvalue weighted by molar-refractivity contribution is 5.98. The Kier molecular flexibility index (Phi) is 5.46. The number of amides is 2. The highest BCUT2D eigenvalue weighted by Gasteiger charge is 2.40. The zero-order chi connectivity index (χ0) is 18.7. The number of carbonyl (C=O) groups excluding carboxylic acids is 2. The Hall–Kier alpha value is -2.83. The molecule has 0 saturated heterocycles. The zero-order valence-electron chi connectivity index (χ0n) is 14.7. The van der Waals surface area contributed by atoms with Crippen LogP contribution in [0.2, 0.25) is 0 Å². The van der Waals surface area contributed by atoms with Crippen molar-refractivity contribution >= 4 is 23.5 Å². The molecule has 1 aliphatic heterocycles. The van der Waals surface area contributed by atoms with E-state index in [9.17, 15) is 19.5 Å². The van der Waals surface area contributed by atoms with Crippen LogP contribution in [-0.4, -0.2) is 52.4 Å². The molecule has 1 atom stereocenters. The number of carbonyl (C=O) groups is 3. The maximum Gasteiger partial charge on any atom is 0.323 e. The fourth-order valence-corrected chi connectivity index (χ4v) is 2.88. The summed E-state index contributed by atoms with van der Waals surface area (Å²) in [5.41, 5.74) is 0.959. The van der Waals surface area contributed by atoms with E-state index in [0.717, 1.165) is 0 Å². The predicted molar refractivity (Wildman–Crippen MR) is 91.5 cm³/mol. The molecule has 25 heavy (non-hydrogen) atoms. The molecule has 1 aliphatic rings. The lowest BCUT2D eigenvalue weighted by atomic mass is 9.97. The van der Waals surface area contributed by atoms with Crippen LogP contribution >= 0.6 is 0 Å². The Morgan fingerprint density at radius 1 is 1.32 bits per heavy atom.